The fourth-order valence-electron chi connectivity index (χ4n) is 9.21. The summed E-state index contributed by atoms with van der Waals surface area (Å²) in [4.78, 5) is 35.2. The molecule has 6 rings (SSSR count). The van der Waals surface area contributed by atoms with Crippen LogP contribution < -0.4 is 14.8 Å². The molecule has 0 spiro atoms. The summed E-state index contributed by atoms with van der Waals surface area (Å²) in [5.74, 6) is -1.24. The molecule has 328 valence electrons. The van der Waals surface area contributed by atoms with Gasteiger partial charge in [0, 0.05) is 44.2 Å². The lowest BCUT2D eigenvalue weighted by Gasteiger charge is -2.59. The van der Waals surface area contributed by atoms with Gasteiger partial charge in [-0.05, 0) is 78.8 Å². The second-order valence-corrected chi connectivity index (χ2v) is 16.1. The average molecular weight is 858 g/mol. The van der Waals surface area contributed by atoms with Gasteiger partial charge in [0.2, 0.25) is 5.79 Å². The monoisotopic (exact) mass is 857 g/mol. The SMILES string of the molecule is C=CCO[C@@]12Oc3ccc(OC(=O)NCc4ccccc4)cc3[C@H]3[C@H](CCCCO)[C@@H](CCCCO)C=C(C(=NOCc4ccccc4)C[C@@H]1N(CCC)C(=O)OCCCl)[C@H]32. The van der Waals surface area contributed by atoms with Crippen molar-refractivity contribution in [1.82, 2.24) is 10.2 Å². The van der Waals surface area contributed by atoms with Gasteiger partial charge in [0.15, 0.2) is 0 Å². The number of hydrogen-bond acceptors (Lipinski definition) is 10. The summed E-state index contributed by atoms with van der Waals surface area (Å²) in [7, 11) is 0. The number of aliphatic hydroxyl groups is 2. The van der Waals surface area contributed by atoms with Gasteiger partial charge in [0.05, 0.1) is 24.1 Å². The number of allylic oxidation sites excluding steroid dienone is 1. The Hall–Kier alpha value is -4.88. The molecule has 2 aliphatic carbocycles. The topological polar surface area (TPSA) is 148 Å². The maximum atomic E-state index is 14.1. The quantitative estimate of drug-likeness (QED) is 0.0390. The number of oxime groups is 1. The molecule has 6 atom stereocenters. The van der Waals surface area contributed by atoms with Gasteiger partial charge in [-0.1, -0.05) is 97.7 Å². The first-order chi connectivity index (χ1) is 29.9. The molecular weight excluding hydrogens is 798 g/mol. The summed E-state index contributed by atoms with van der Waals surface area (Å²) < 4.78 is 25.9. The minimum atomic E-state index is -1.45. The van der Waals surface area contributed by atoms with E-state index in [9.17, 15) is 19.8 Å². The third kappa shape index (κ3) is 11.1. The van der Waals surface area contributed by atoms with Crippen LogP contribution in [-0.2, 0) is 27.5 Å². The van der Waals surface area contributed by atoms with Crippen molar-refractivity contribution in [2.24, 2.45) is 22.9 Å². The number of alkyl halides is 1. The molecule has 0 bridgehead atoms. The van der Waals surface area contributed by atoms with Gasteiger partial charge >= 0.3 is 12.2 Å². The molecular formula is C48H60ClN3O9. The van der Waals surface area contributed by atoms with Gasteiger partial charge in [0.25, 0.3) is 0 Å². The maximum Gasteiger partial charge on any atom is 0.412 e. The van der Waals surface area contributed by atoms with Crippen LogP contribution >= 0.6 is 11.6 Å². The largest absolute Gasteiger partial charge is 0.459 e. The number of halogens is 1. The van der Waals surface area contributed by atoms with Gasteiger partial charge in [0.1, 0.15) is 30.8 Å². The third-order valence-electron chi connectivity index (χ3n) is 11.8. The fraction of sp³-hybridized carbons (Fsp3) is 0.479. The van der Waals surface area contributed by atoms with Crippen molar-refractivity contribution in [2.75, 3.05) is 38.9 Å². The Morgan fingerprint density at radius 1 is 1.00 bits per heavy atom. The number of rotatable bonds is 22. The van der Waals surface area contributed by atoms with E-state index in [0.29, 0.717) is 49.6 Å². The Kier molecular flexibility index (Phi) is 17.1. The molecule has 0 saturated heterocycles. The smallest absolute Gasteiger partial charge is 0.412 e. The zero-order chi connectivity index (χ0) is 43.0. The van der Waals surface area contributed by atoms with Crippen molar-refractivity contribution in [3.63, 3.8) is 0 Å². The Labute approximate surface area is 364 Å². The van der Waals surface area contributed by atoms with Crippen LogP contribution in [0.5, 0.6) is 11.5 Å². The van der Waals surface area contributed by atoms with Crippen LogP contribution in [-0.4, -0.2) is 83.7 Å². The molecule has 12 nitrogen and oxygen atoms in total. The number of benzene rings is 3. The summed E-state index contributed by atoms with van der Waals surface area (Å²) >= 11 is 6.02. The highest BCUT2D eigenvalue weighted by Gasteiger charge is 2.65. The first-order valence-electron chi connectivity index (χ1n) is 21.6. The molecule has 3 N–H and O–H groups in total. The van der Waals surface area contributed by atoms with E-state index < -0.39 is 29.9 Å². The predicted octanol–water partition coefficient (Wildman–Crippen LogP) is 8.90. The number of nitrogens with one attached hydrogen (secondary N) is 1. The molecule has 1 saturated carbocycles. The minimum Gasteiger partial charge on any atom is -0.459 e. The number of amides is 2. The summed E-state index contributed by atoms with van der Waals surface area (Å²) in [6.07, 6.45) is 8.06. The summed E-state index contributed by atoms with van der Waals surface area (Å²) in [5, 5.41) is 27.5. The number of aliphatic hydroxyl groups excluding tert-OH is 2. The van der Waals surface area contributed by atoms with E-state index in [2.05, 4.69) is 18.0 Å². The van der Waals surface area contributed by atoms with Crippen LogP contribution in [0.1, 0.15) is 80.9 Å². The molecule has 1 aliphatic heterocycles. The molecule has 3 aromatic carbocycles. The Morgan fingerprint density at radius 3 is 2.41 bits per heavy atom. The van der Waals surface area contributed by atoms with Crippen LogP contribution in [0.4, 0.5) is 9.59 Å². The lowest BCUT2D eigenvalue weighted by Crippen LogP contribution is -2.70. The number of carbonyl (C=O) groups is 2. The molecule has 2 amide bonds. The highest BCUT2D eigenvalue weighted by Crippen LogP contribution is 2.62. The van der Waals surface area contributed by atoms with E-state index in [0.717, 1.165) is 47.9 Å². The van der Waals surface area contributed by atoms with E-state index in [1.54, 1.807) is 17.0 Å². The van der Waals surface area contributed by atoms with Crippen LogP contribution in [0, 0.1) is 17.8 Å². The number of carbonyl (C=O) groups excluding carboxylic acids is 2. The van der Waals surface area contributed by atoms with Crippen LogP contribution in [0.15, 0.2) is 108 Å². The Balaban J connectivity index is 1.52. The van der Waals surface area contributed by atoms with E-state index in [-0.39, 0.29) is 63.1 Å². The van der Waals surface area contributed by atoms with E-state index in [1.165, 1.54) is 0 Å². The molecule has 0 radical (unpaired) electrons. The average Bonchev–Trinajstić information content (AvgIpc) is 3.28. The van der Waals surface area contributed by atoms with E-state index >= 15 is 0 Å². The second kappa shape index (κ2) is 22.8. The molecule has 1 fully saturated rings. The standard InChI is InChI=1S/C48H60ClN3O9/c1-3-24-52(47(56)57-28-23-49)43-31-41(51-59-33-35-17-9-6-10-18-35)39-29-36(19-11-13-25-53)38(20-12-14-26-54)44-40-30-37(60-46(55)50-32-34-15-7-5-8-16-34)21-22-42(40)61-48(43,45(39)44)58-27-4-2/h4-10,15-18,21-22,29-30,36,38,43-45,53-54H,2-3,11-14,19-20,23-28,31-33H2,1H3,(H,50,55)/t36-,38+,43-,44+,45+,48+/m0/s1. The van der Waals surface area contributed by atoms with Crippen LogP contribution in [0.3, 0.4) is 0 Å². The zero-order valence-corrected chi connectivity index (χ0v) is 35.8. The number of ether oxygens (including phenoxy) is 4. The molecule has 13 heteroatoms. The summed E-state index contributed by atoms with van der Waals surface area (Å²) in [5.41, 5.74) is 4.29. The van der Waals surface area contributed by atoms with Crippen molar-refractivity contribution in [2.45, 2.75) is 89.2 Å². The van der Waals surface area contributed by atoms with Gasteiger partial charge < -0.3 is 39.3 Å². The van der Waals surface area contributed by atoms with Crippen molar-refractivity contribution in [3.05, 3.63) is 120 Å². The van der Waals surface area contributed by atoms with Gasteiger partial charge in [-0.2, -0.15) is 0 Å². The zero-order valence-electron chi connectivity index (χ0n) is 35.1. The second-order valence-electron chi connectivity index (χ2n) is 15.8. The first kappa shape index (κ1) is 45.6. The highest BCUT2D eigenvalue weighted by molar-refractivity contribution is 6.18. The number of nitrogens with zero attached hydrogens (tertiary/aromatic N) is 2. The predicted molar refractivity (Wildman–Crippen MR) is 235 cm³/mol. The van der Waals surface area contributed by atoms with Crippen LogP contribution in [0.25, 0.3) is 0 Å². The van der Waals surface area contributed by atoms with Gasteiger partial charge in [-0.25, -0.2) is 9.59 Å². The van der Waals surface area contributed by atoms with Crippen LogP contribution in [0.2, 0.25) is 0 Å². The Bertz CT molecular complexity index is 1950. The Morgan fingerprint density at radius 2 is 1.72 bits per heavy atom. The molecule has 1 heterocycles. The molecule has 3 aromatic rings. The van der Waals surface area contributed by atoms with Crippen molar-refractivity contribution in [1.29, 1.82) is 0 Å². The molecule has 0 aromatic heterocycles. The number of fused-ring (bicyclic) bond motifs is 2. The highest BCUT2D eigenvalue weighted by atomic mass is 35.5. The van der Waals surface area contributed by atoms with Gasteiger partial charge in [-0.3, -0.25) is 4.90 Å². The molecule has 3 aliphatic rings. The van der Waals surface area contributed by atoms with Crippen molar-refractivity contribution < 1.29 is 43.6 Å². The first-order valence-corrected chi connectivity index (χ1v) is 22.1. The third-order valence-corrected chi connectivity index (χ3v) is 11.9. The molecule has 61 heavy (non-hydrogen) atoms. The van der Waals surface area contributed by atoms with E-state index in [1.807, 2.05) is 79.7 Å². The van der Waals surface area contributed by atoms with Crippen molar-refractivity contribution in [3.8, 4) is 11.5 Å². The number of hydrogen-bond donors (Lipinski definition) is 3. The summed E-state index contributed by atoms with van der Waals surface area (Å²) in [6.45, 7) is 7.16. The lowest BCUT2D eigenvalue weighted by atomic mass is 9.55. The number of unbranched alkanes of at least 4 members (excludes halogenated alkanes) is 2. The maximum absolute atomic E-state index is 14.1. The lowest BCUT2D eigenvalue weighted by molar-refractivity contribution is -0.255. The van der Waals surface area contributed by atoms with E-state index in [4.69, 9.17) is 40.5 Å². The summed E-state index contributed by atoms with van der Waals surface area (Å²) in [6, 6.07) is 24.1. The van der Waals surface area contributed by atoms with Gasteiger partial charge in [-0.15, -0.1) is 18.2 Å². The minimum absolute atomic E-state index is 0.0106. The molecule has 0 unspecified atom stereocenters. The normalized spacial score (nSPS) is 23.1. The van der Waals surface area contributed by atoms with Crippen molar-refractivity contribution >= 4 is 29.5 Å². The fourth-order valence-corrected chi connectivity index (χ4v) is 9.29.